The topological polar surface area (TPSA) is 73.0 Å². The minimum Gasteiger partial charge on any atom is -0.351 e. The van der Waals surface area contributed by atoms with Crippen LogP contribution >= 0.6 is 0 Å². The summed E-state index contributed by atoms with van der Waals surface area (Å²) >= 11 is 0. The molecule has 94 valence electrons. The minimum atomic E-state index is -0.204. The van der Waals surface area contributed by atoms with Crippen molar-refractivity contribution in [2.24, 2.45) is 0 Å². The fourth-order valence-electron chi connectivity index (χ4n) is 2.21. The van der Waals surface area contributed by atoms with Gasteiger partial charge in [-0.05, 0) is 13.3 Å². The highest BCUT2D eigenvalue weighted by Gasteiger charge is 2.22. The third-order valence-electron chi connectivity index (χ3n) is 3.12. The molecule has 1 amide bonds. The van der Waals surface area contributed by atoms with E-state index in [-0.39, 0.29) is 17.7 Å². The van der Waals surface area contributed by atoms with Crippen molar-refractivity contribution in [2.45, 2.75) is 32.4 Å². The van der Waals surface area contributed by atoms with Gasteiger partial charge in [0.05, 0.1) is 5.69 Å². The molecule has 1 atom stereocenters. The molecule has 1 N–H and O–H groups in total. The van der Waals surface area contributed by atoms with E-state index in [1.807, 2.05) is 6.20 Å². The van der Waals surface area contributed by atoms with Gasteiger partial charge in [0.25, 0.3) is 5.91 Å². The van der Waals surface area contributed by atoms with Crippen LogP contribution in [0.3, 0.4) is 0 Å². The zero-order valence-electron chi connectivity index (χ0n) is 10.1. The van der Waals surface area contributed by atoms with Gasteiger partial charge in [-0.1, -0.05) is 5.16 Å². The molecular weight excluding hydrogens is 232 g/mol. The molecule has 1 aliphatic rings. The molecule has 0 saturated carbocycles. The van der Waals surface area contributed by atoms with E-state index in [9.17, 15) is 4.79 Å². The second-order valence-corrected chi connectivity index (χ2v) is 4.54. The number of amides is 1. The maximum Gasteiger partial charge on any atom is 0.290 e. The van der Waals surface area contributed by atoms with Crippen molar-refractivity contribution in [1.29, 1.82) is 0 Å². The van der Waals surface area contributed by atoms with Gasteiger partial charge in [-0.3, -0.25) is 4.79 Å². The third kappa shape index (κ3) is 2.01. The summed E-state index contributed by atoms with van der Waals surface area (Å²) < 4.78 is 7.01. The van der Waals surface area contributed by atoms with Crippen LogP contribution in [0.15, 0.2) is 23.0 Å². The van der Waals surface area contributed by atoms with Crippen LogP contribution in [0.1, 0.15) is 28.5 Å². The number of carbonyl (C=O) groups excluding carboxylic acids is 1. The Labute approximate surface area is 104 Å². The number of rotatable bonds is 2. The number of fused-ring (bicyclic) bond motifs is 1. The van der Waals surface area contributed by atoms with Gasteiger partial charge in [-0.2, -0.15) is 0 Å². The standard InChI is InChI=1S/C12H14N4O2/c1-8-6-10(18-15-8)12(17)14-9-2-3-11-13-4-5-16(11)7-9/h4-6,9H,2-3,7H2,1H3,(H,14,17). The Hall–Kier alpha value is -2.11. The number of imidazole rings is 1. The van der Waals surface area contributed by atoms with E-state index in [0.29, 0.717) is 5.69 Å². The summed E-state index contributed by atoms with van der Waals surface area (Å²) in [5.41, 5.74) is 0.709. The van der Waals surface area contributed by atoms with Crippen molar-refractivity contribution >= 4 is 5.91 Å². The van der Waals surface area contributed by atoms with E-state index < -0.39 is 0 Å². The summed E-state index contributed by atoms with van der Waals surface area (Å²) in [5.74, 6) is 1.14. The smallest absolute Gasteiger partial charge is 0.290 e. The Morgan fingerprint density at radius 3 is 3.28 bits per heavy atom. The molecule has 6 heteroatoms. The van der Waals surface area contributed by atoms with E-state index in [1.165, 1.54) is 0 Å². The number of hydrogen-bond donors (Lipinski definition) is 1. The van der Waals surface area contributed by atoms with Crippen molar-refractivity contribution in [1.82, 2.24) is 20.0 Å². The molecule has 0 spiro atoms. The van der Waals surface area contributed by atoms with Crippen LogP contribution in [0.5, 0.6) is 0 Å². The first-order valence-corrected chi connectivity index (χ1v) is 5.96. The van der Waals surface area contributed by atoms with Gasteiger partial charge in [0.2, 0.25) is 5.76 Å². The molecule has 0 fully saturated rings. The summed E-state index contributed by atoms with van der Waals surface area (Å²) in [6.45, 7) is 2.55. The fourth-order valence-corrected chi connectivity index (χ4v) is 2.21. The highest BCUT2D eigenvalue weighted by Crippen LogP contribution is 2.13. The Morgan fingerprint density at radius 2 is 2.50 bits per heavy atom. The molecule has 0 saturated heterocycles. The molecular formula is C12H14N4O2. The van der Waals surface area contributed by atoms with Crippen LogP contribution in [0.4, 0.5) is 0 Å². The van der Waals surface area contributed by atoms with E-state index >= 15 is 0 Å². The van der Waals surface area contributed by atoms with Crippen molar-refractivity contribution in [3.05, 3.63) is 35.7 Å². The predicted octanol–water partition coefficient (Wildman–Crippen LogP) is 0.924. The summed E-state index contributed by atoms with van der Waals surface area (Å²) in [7, 11) is 0. The maximum atomic E-state index is 11.9. The van der Waals surface area contributed by atoms with Gasteiger partial charge in [0, 0.05) is 37.5 Å². The van der Waals surface area contributed by atoms with Gasteiger partial charge in [-0.25, -0.2) is 4.98 Å². The number of hydrogen-bond acceptors (Lipinski definition) is 4. The Bertz CT molecular complexity index is 572. The average molecular weight is 246 g/mol. The normalized spacial score (nSPS) is 18.4. The molecule has 0 bridgehead atoms. The van der Waals surface area contributed by atoms with E-state index in [0.717, 1.165) is 25.2 Å². The van der Waals surface area contributed by atoms with E-state index in [1.54, 1.807) is 19.2 Å². The maximum absolute atomic E-state index is 11.9. The number of nitrogens with zero attached hydrogens (tertiary/aromatic N) is 3. The number of carbonyl (C=O) groups is 1. The highest BCUT2D eigenvalue weighted by atomic mass is 16.5. The lowest BCUT2D eigenvalue weighted by molar-refractivity contribution is 0.0890. The monoisotopic (exact) mass is 246 g/mol. The zero-order valence-corrected chi connectivity index (χ0v) is 10.1. The molecule has 0 radical (unpaired) electrons. The van der Waals surface area contributed by atoms with Crippen LogP contribution in [-0.4, -0.2) is 26.7 Å². The average Bonchev–Trinajstić information content (AvgIpc) is 2.96. The Kier molecular flexibility index (Phi) is 2.62. The van der Waals surface area contributed by atoms with Crippen molar-refractivity contribution in [3.63, 3.8) is 0 Å². The van der Waals surface area contributed by atoms with Gasteiger partial charge in [0.1, 0.15) is 5.82 Å². The van der Waals surface area contributed by atoms with Crippen molar-refractivity contribution < 1.29 is 9.32 Å². The van der Waals surface area contributed by atoms with E-state index in [4.69, 9.17) is 4.52 Å². The van der Waals surface area contributed by atoms with Crippen molar-refractivity contribution in [2.75, 3.05) is 0 Å². The molecule has 18 heavy (non-hydrogen) atoms. The first-order valence-electron chi connectivity index (χ1n) is 5.96. The number of nitrogens with one attached hydrogen (secondary N) is 1. The molecule has 2 aromatic heterocycles. The molecule has 3 heterocycles. The number of aromatic nitrogens is 3. The molecule has 0 aliphatic carbocycles. The van der Waals surface area contributed by atoms with Gasteiger partial charge < -0.3 is 14.4 Å². The zero-order chi connectivity index (χ0) is 12.5. The largest absolute Gasteiger partial charge is 0.351 e. The molecule has 1 aliphatic heterocycles. The van der Waals surface area contributed by atoms with Crippen LogP contribution in [-0.2, 0) is 13.0 Å². The van der Waals surface area contributed by atoms with Gasteiger partial charge in [-0.15, -0.1) is 0 Å². The number of aryl methyl sites for hydroxylation is 2. The lowest BCUT2D eigenvalue weighted by atomic mass is 10.1. The molecule has 3 rings (SSSR count). The fraction of sp³-hybridized carbons (Fsp3) is 0.417. The molecule has 1 unspecified atom stereocenters. The van der Waals surface area contributed by atoms with E-state index in [2.05, 4.69) is 20.0 Å². The lowest BCUT2D eigenvalue weighted by Gasteiger charge is -2.24. The van der Waals surface area contributed by atoms with Crippen LogP contribution < -0.4 is 5.32 Å². The first-order chi connectivity index (χ1) is 8.72. The quantitative estimate of drug-likeness (QED) is 0.855. The summed E-state index contributed by atoms with van der Waals surface area (Å²) in [4.78, 5) is 16.2. The van der Waals surface area contributed by atoms with Crippen LogP contribution in [0.2, 0.25) is 0 Å². The summed E-state index contributed by atoms with van der Waals surface area (Å²) in [5, 5.41) is 6.67. The minimum absolute atomic E-state index is 0.115. The van der Waals surface area contributed by atoms with Crippen LogP contribution in [0.25, 0.3) is 0 Å². The van der Waals surface area contributed by atoms with Crippen molar-refractivity contribution in [3.8, 4) is 0 Å². The highest BCUT2D eigenvalue weighted by molar-refractivity contribution is 5.91. The van der Waals surface area contributed by atoms with Gasteiger partial charge in [0.15, 0.2) is 0 Å². The molecule has 2 aromatic rings. The lowest BCUT2D eigenvalue weighted by Crippen LogP contribution is -2.40. The summed E-state index contributed by atoms with van der Waals surface area (Å²) in [6, 6.07) is 1.76. The predicted molar refractivity (Wildman–Crippen MR) is 63.0 cm³/mol. The Morgan fingerprint density at radius 1 is 1.61 bits per heavy atom. The second-order valence-electron chi connectivity index (χ2n) is 4.54. The molecule has 0 aromatic carbocycles. The summed E-state index contributed by atoms with van der Waals surface area (Å²) in [6.07, 6.45) is 5.51. The third-order valence-corrected chi connectivity index (χ3v) is 3.12. The first kappa shape index (κ1) is 11.0. The Balaban J connectivity index is 1.66. The SMILES string of the molecule is Cc1cc(C(=O)NC2CCc3nccn3C2)on1. The van der Waals surface area contributed by atoms with Gasteiger partial charge >= 0.3 is 0 Å². The van der Waals surface area contributed by atoms with Crippen LogP contribution in [0, 0.1) is 6.92 Å². The second kappa shape index (κ2) is 4.29. The molecule has 6 nitrogen and oxygen atoms in total.